The quantitative estimate of drug-likeness (QED) is 0.587. The van der Waals surface area contributed by atoms with Crippen molar-refractivity contribution in [1.29, 1.82) is 0 Å². The van der Waals surface area contributed by atoms with E-state index in [2.05, 4.69) is 9.97 Å². The molecule has 0 aliphatic rings. The lowest BCUT2D eigenvalue weighted by Gasteiger charge is -2.12. The van der Waals surface area contributed by atoms with Crippen molar-refractivity contribution in [2.75, 3.05) is 12.8 Å². The van der Waals surface area contributed by atoms with Crippen LogP contribution in [-0.2, 0) is 6.54 Å². The van der Waals surface area contributed by atoms with Crippen LogP contribution in [0, 0.1) is 5.82 Å². The van der Waals surface area contributed by atoms with Crippen LogP contribution < -0.4 is 10.5 Å². The van der Waals surface area contributed by atoms with Gasteiger partial charge in [-0.3, -0.25) is 0 Å². The van der Waals surface area contributed by atoms with Gasteiger partial charge in [0.05, 0.1) is 29.2 Å². The summed E-state index contributed by atoms with van der Waals surface area (Å²) < 4.78 is 21.7. The average Bonchev–Trinajstić information content (AvgIpc) is 2.97. The molecule has 6 nitrogen and oxygen atoms in total. The third kappa shape index (κ3) is 2.17. The van der Waals surface area contributed by atoms with Crippen LogP contribution in [0.4, 0.5) is 10.1 Å². The molecule has 4 rings (SSSR count). The van der Waals surface area contributed by atoms with Gasteiger partial charge in [0, 0.05) is 35.5 Å². The standard InChI is InChI=1S/C19H17FN4O2/c1-3-24-9-13-15(19(24)25)16(21)11-6-7-12(20)14(17(11)23-13)10-5-4-8-22-18(10)26-2/h4-9,25H,3,21H2,1-2H3. The van der Waals surface area contributed by atoms with Gasteiger partial charge in [0.1, 0.15) is 5.82 Å². The van der Waals surface area contributed by atoms with E-state index in [1.54, 1.807) is 35.2 Å². The Morgan fingerprint density at radius 1 is 1.31 bits per heavy atom. The first-order chi connectivity index (χ1) is 12.6. The SMILES string of the molecule is CCn1cc2nc3c(-c4cccnc4OC)c(F)ccc3c(N)c2c1O. The number of methoxy groups -OCH3 is 1. The van der Waals surface area contributed by atoms with Crippen LogP contribution in [0.3, 0.4) is 0 Å². The lowest BCUT2D eigenvalue weighted by atomic mass is 10.0. The highest BCUT2D eigenvalue weighted by Crippen LogP contribution is 2.41. The van der Waals surface area contributed by atoms with Gasteiger partial charge < -0.3 is 20.1 Å². The molecule has 7 heteroatoms. The number of benzene rings is 1. The number of pyridine rings is 2. The van der Waals surface area contributed by atoms with E-state index in [1.165, 1.54) is 13.2 Å². The first-order valence-corrected chi connectivity index (χ1v) is 8.15. The molecule has 0 amide bonds. The highest BCUT2D eigenvalue weighted by molar-refractivity contribution is 6.12. The fourth-order valence-electron chi connectivity index (χ4n) is 3.27. The zero-order valence-corrected chi connectivity index (χ0v) is 14.3. The van der Waals surface area contributed by atoms with Gasteiger partial charge in [-0.15, -0.1) is 0 Å². The highest BCUT2D eigenvalue weighted by Gasteiger charge is 2.21. The number of nitrogens with two attached hydrogens (primary N) is 1. The van der Waals surface area contributed by atoms with E-state index in [9.17, 15) is 9.50 Å². The number of hydrogen-bond acceptors (Lipinski definition) is 5. The predicted molar refractivity (Wildman–Crippen MR) is 98.7 cm³/mol. The number of aromatic nitrogens is 3. The number of ether oxygens (including phenoxy) is 1. The Morgan fingerprint density at radius 3 is 2.85 bits per heavy atom. The van der Waals surface area contributed by atoms with Crippen molar-refractivity contribution in [2.45, 2.75) is 13.5 Å². The molecule has 0 saturated carbocycles. The zero-order chi connectivity index (χ0) is 18.4. The maximum Gasteiger partial charge on any atom is 0.221 e. The van der Waals surface area contributed by atoms with Crippen LogP contribution in [0.15, 0.2) is 36.7 Å². The van der Waals surface area contributed by atoms with Crippen LogP contribution in [0.2, 0.25) is 0 Å². The average molecular weight is 352 g/mol. The van der Waals surface area contributed by atoms with Gasteiger partial charge in [0.25, 0.3) is 0 Å². The number of nitrogen functional groups attached to an aromatic ring is 1. The number of hydrogen-bond donors (Lipinski definition) is 2. The molecular formula is C19H17FN4O2. The molecule has 0 radical (unpaired) electrons. The normalized spacial score (nSPS) is 11.3. The topological polar surface area (TPSA) is 86.2 Å². The van der Waals surface area contributed by atoms with E-state index in [1.807, 2.05) is 6.92 Å². The molecule has 132 valence electrons. The van der Waals surface area contributed by atoms with E-state index in [0.717, 1.165) is 0 Å². The Morgan fingerprint density at radius 2 is 2.12 bits per heavy atom. The summed E-state index contributed by atoms with van der Waals surface area (Å²) in [5, 5.41) is 11.4. The number of anilines is 1. The summed E-state index contributed by atoms with van der Waals surface area (Å²) in [6.07, 6.45) is 3.28. The summed E-state index contributed by atoms with van der Waals surface area (Å²) in [5.41, 5.74) is 8.33. The third-order valence-electron chi connectivity index (χ3n) is 4.52. The molecule has 3 aromatic heterocycles. The second-order valence-electron chi connectivity index (χ2n) is 5.90. The van der Waals surface area contributed by atoms with Crippen LogP contribution in [0.1, 0.15) is 6.92 Å². The van der Waals surface area contributed by atoms with E-state index in [4.69, 9.17) is 10.5 Å². The number of rotatable bonds is 3. The van der Waals surface area contributed by atoms with E-state index < -0.39 is 5.82 Å². The first-order valence-electron chi connectivity index (χ1n) is 8.15. The van der Waals surface area contributed by atoms with Crippen molar-refractivity contribution in [1.82, 2.24) is 14.5 Å². The Kier molecular flexibility index (Phi) is 3.64. The number of halogens is 1. The van der Waals surface area contributed by atoms with Crippen molar-refractivity contribution in [3.05, 3.63) is 42.5 Å². The summed E-state index contributed by atoms with van der Waals surface area (Å²) in [4.78, 5) is 8.74. The molecular weight excluding hydrogens is 335 g/mol. The molecule has 0 fully saturated rings. The zero-order valence-electron chi connectivity index (χ0n) is 14.3. The van der Waals surface area contributed by atoms with Crippen molar-refractivity contribution < 1.29 is 14.2 Å². The largest absolute Gasteiger partial charge is 0.494 e. The smallest absolute Gasteiger partial charge is 0.221 e. The Labute approximate surface area is 148 Å². The van der Waals surface area contributed by atoms with Crippen LogP contribution >= 0.6 is 0 Å². The van der Waals surface area contributed by atoms with Crippen molar-refractivity contribution in [3.63, 3.8) is 0 Å². The summed E-state index contributed by atoms with van der Waals surface area (Å²) in [7, 11) is 1.48. The lowest BCUT2D eigenvalue weighted by Crippen LogP contribution is -1.97. The van der Waals surface area contributed by atoms with Gasteiger partial charge in [0.15, 0.2) is 0 Å². The summed E-state index contributed by atoms with van der Waals surface area (Å²) in [5.74, 6) is -0.0956. The molecule has 1 aromatic carbocycles. The van der Waals surface area contributed by atoms with Crippen molar-refractivity contribution in [3.8, 4) is 22.9 Å². The third-order valence-corrected chi connectivity index (χ3v) is 4.52. The molecule has 0 aliphatic carbocycles. The number of aryl methyl sites for hydroxylation is 1. The molecule has 26 heavy (non-hydrogen) atoms. The molecule has 0 aliphatic heterocycles. The van der Waals surface area contributed by atoms with Crippen molar-refractivity contribution >= 4 is 27.5 Å². The minimum atomic E-state index is -0.450. The Bertz CT molecular complexity index is 1150. The molecule has 4 aromatic rings. The summed E-state index contributed by atoms with van der Waals surface area (Å²) >= 11 is 0. The fourth-order valence-corrected chi connectivity index (χ4v) is 3.27. The predicted octanol–water partition coefficient (Wildman–Crippen LogP) is 3.71. The maximum atomic E-state index is 14.8. The fraction of sp³-hybridized carbons (Fsp3) is 0.158. The monoisotopic (exact) mass is 352 g/mol. The van der Waals surface area contributed by atoms with Gasteiger partial charge in [-0.05, 0) is 31.2 Å². The van der Waals surface area contributed by atoms with Gasteiger partial charge in [-0.25, -0.2) is 14.4 Å². The Hall–Kier alpha value is -3.35. The molecule has 3 N–H and O–H groups in total. The van der Waals surface area contributed by atoms with E-state index >= 15 is 0 Å². The second kappa shape index (κ2) is 5.87. The second-order valence-corrected chi connectivity index (χ2v) is 5.90. The minimum Gasteiger partial charge on any atom is -0.494 e. The first kappa shape index (κ1) is 16.1. The van der Waals surface area contributed by atoms with Crippen LogP contribution in [0.25, 0.3) is 32.9 Å². The van der Waals surface area contributed by atoms with E-state index in [0.29, 0.717) is 45.5 Å². The minimum absolute atomic E-state index is 0.0548. The molecule has 3 heterocycles. The maximum absolute atomic E-state index is 14.8. The van der Waals surface area contributed by atoms with Gasteiger partial charge in [0.2, 0.25) is 11.8 Å². The molecule has 0 unspecified atom stereocenters. The number of nitrogens with zero attached hydrogens (tertiary/aromatic N) is 3. The Balaban J connectivity index is 2.16. The molecule has 0 spiro atoms. The van der Waals surface area contributed by atoms with Gasteiger partial charge >= 0.3 is 0 Å². The van der Waals surface area contributed by atoms with Gasteiger partial charge in [-0.1, -0.05) is 0 Å². The summed E-state index contributed by atoms with van der Waals surface area (Å²) in [6.45, 7) is 2.47. The lowest BCUT2D eigenvalue weighted by molar-refractivity contribution is 0.399. The van der Waals surface area contributed by atoms with Crippen molar-refractivity contribution in [2.24, 2.45) is 0 Å². The number of fused-ring (bicyclic) bond motifs is 2. The molecule has 0 saturated heterocycles. The van der Waals surface area contributed by atoms with Crippen LogP contribution in [0.5, 0.6) is 11.8 Å². The highest BCUT2D eigenvalue weighted by atomic mass is 19.1. The van der Waals surface area contributed by atoms with Crippen LogP contribution in [-0.4, -0.2) is 26.8 Å². The number of aromatic hydroxyl groups is 1. The molecule has 0 bridgehead atoms. The van der Waals surface area contributed by atoms with Gasteiger partial charge in [-0.2, -0.15) is 0 Å². The molecule has 0 atom stereocenters. The van der Waals surface area contributed by atoms with E-state index in [-0.39, 0.29) is 11.4 Å². The summed E-state index contributed by atoms with van der Waals surface area (Å²) in [6, 6.07) is 6.33.